The second-order valence-corrected chi connectivity index (χ2v) is 7.47. The molecule has 0 radical (unpaired) electrons. The number of nitriles is 1. The summed E-state index contributed by atoms with van der Waals surface area (Å²) in [5.74, 6) is 0.956. The van der Waals surface area contributed by atoms with E-state index in [4.69, 9.17) is 15.2 Å². The van der Waals surface area contributed by atoms with E-state index in [-0.39, 0.29) is 11.8 Å². The van der Waals surface area contributed by atoms with Crippen molar-refractivity contribution in [1.82, 2.24) is 10.2 Å². The smallest absolute Gasteiger partial charge is 0.244 e. The average Bonchev–Trinajstić information content (AvgIpc) is 3.27. The number of nitrogens with zero attached hydrogens (tertiary/aromatic N) is 2. The van der Waals surface area contributed by atoms with E-state index >= 15 is 0 Å². The van der Waals surface area contributed by atoms with Gasteiger partial charge < -0.3 is 15.2 Å². The van der Waals surface area contributed by atoms with Gasteiger partial charge in [-0.2, -0.15) is 5.26 Å². The highest BCUT2D eigenvalue weighted by Crippen LogP contribution is 2.47. The lowest BCUT2D eigenvalue weighted by atomic mass is 9.87. The summed E-state index contributed by atoms with van der Waals surface area (Å²) in [7, 11) is 0. The van der Waals surface area contributed by atoms with Gasteiger partial charge in [0.15, 0.2) is 0 Å². The molecular weight excluding hydrogens is 360 g/mol. The van der Waals surface area contributed by atoms with Gasteiger partial charge in [-0.15, -0.1) is 16.4 Å². The molecule has 3 heterocycles. The molecule has 7 heteroatoms. The Morgan fingerprint density at radius 1 is 1.37 bits per heavy atom. The zero-order chi connectivity index (χ0) is 19.0. The molecular formula is C20H18N4O2S. The molecule has 1 unspecified atom stereocenters. The van der Waals surface area contributed by atoms with Crippen LogP contribution in [0.5, 0.6) is 11.6 Å². The summed E-state index contributed by atoms with van der Waals surface area (Å²) < 4.78 is 11.3. The number of nitrogens with one attached hydrogen (secondary N) is 1. The van der Waals surface area contributed by atoms with Crippen LogP contribution in [-0.2, 0) is 0 Å². The maximum Gasteiger partial charge on any atom is 0.244 e. The number of aromatic amines is 1. The first-order valence-electron chi connectivity index (χ1n) is 8.57. The highest BCUT2D eigenvalue weighted by Gasteiger charge is 2.36. The van der Waals surface area contributed by atoms with Crippen molar-refractivity contribution in [3.8, 4) is 29.0 Å². The van der Waals surface area contributed by atoms with Crippen LogP contribution >= 0.6 is 11.3 Å². The molecule has 136 valence electrons. The Labute approximate surface area is 160 Å². The minimum atomic E-state index is -0.318. The number of aromatic nitrogens is 2. The number of H-pyrrole nitrogens is 1. The first-order chi connectivity index (χ1) is 13.1. The second kappa shape index (κ2) is 6.82. The topological polar surface area (TPSA) is 97.0 Å². The minimum Gasteiger partial charge on any atom is -0.494 e. The van der Waals surface area contributed by atoms with Gasteiger partial charge in [-0.3, -0.25) is 5.10 Å². The summed E-state index contributed by atoms with van der Waals surface area (Å²) >= 11 is 1.63. The van der Waals surface area contributed by atoms with Crippen LogP contribution in [0.25, 0.3) is 11.3 Å². The summed E-state index contributed by atoms with van der Waals surface area (Å²) in [6.45, 7) is 4.57. The van der Waals surface area contributed by atoms with Gasteiger partial charge in [0.05, 0.1) is 23.8 Å². The molecule has 27 heavy (non-hydrogen) atoms. The number of aryl methyl sites for hydroxylation is 1. The van der Waals surface area contributed by atoms with E-state index in [1.165, 1.54) is 0 Å². The van der Waals surface area contributed by atoms with E-state index in [0.717, 1.165) is 32.3 Å². The molecule has 0 fully saturated rings. The van der Waals surface area contributed by atoms with Crippen molar-refractivity contribution in [1.29, 1.82) is 5.26 Å². The Morgan fingerprint density at radius 3 is 2.93 bits per heavy atom. The molecule has 1 aliphatic heterocycles. The molecule has 1 atom stereocenters. The third-order valence-electron chi connectivity index (χ3n) is 4.42. The summed E-state index contributed by atoms with van der Waals surface area (Å²) in [6, 6.07) is 14.0. The van der Waals surface area contributed by atoms with Crippen LogP contribution in [0.15, 0.2) is 47.9 Å². The molecule has 0 spiro atoms. The Balaban J connectivity index is 1.90. The lowest BCUT2D eigenvalue weighted by Gasteiger charge is -2.23. The molecule has 4 rings (SSSR count). The first kappa shape index (κ1) is 17.2. The van der Waals surface area contributed by atoms with Gasteiger partial charge in [0.1, 0.15) is 17.4 Å². The fourth-order valence-electron chi connectivity index (χ4n) is 3.27. The Morgan fingerprint density at radius 2 is 2.22 bits per heavy atom. The quantitative estimate of drug-likeness (QED) is 0.713. The monoisotopic (exact) mass is 378 g/mol. The summed E-state index contributed by atoms with van der Waals surface area (Å²) in [5, 5.41) is 17.1. The van der Waals surface area contributed by atoms with Crippen LogP contribution in [0, 0.1) is 18.3 Å². The SMILES string of the molecule is CCOc1cccc(-c2[nH]nc3c2C(c2ccc(C)s2)C(C#N)=C(N)O3)c1. The number of benzene rings is 1. The highest BCUT2D eigenvalue weighted by atomic mass is 32.1. The van der Waals surface area contributed by atoms with Crippen LogP contribution in [-0.4, -0.2) is 16.8 Å². The summed E-state index contributed by atoms with van der Waals surface area (Å²) in [4.78, 5) is 2.19. The number of hydrogen-bond donors (Lipinski definition) is 2. The Hall–Kier alpha value is -3.24. The van der Waals surface area contributed by atoms with Gasteiger partial charge in [-0.25, -0.2) is 0 Å². The average molecular weight is 378 g/mol. The van der Waals surface area contributed by atoms with Crippen LogP contribution in [0.2, 0.25) is 0 Å². The molecule has 0 saturated carbocycles. The number of ether oxygens (including phenoxy) is 2. The lowest BCUT2D eigenvalue weighted by molar-refractivity contribution is 0.340. The van der Waals surface area contributed by atoms with Crippen LogP contribution in [0.1, 0.15) is 28.2 Å². The van der Waals surface area contributed by atoms with Crippen LogP contribution in [0.3, 0.4) is 0 Å². The molecule has 0 bridgehead atoms. The van der Waals surface area contributed by atoms with E-state index < -0.39 is 0 Å². The van der Waals surface area contributed by atoms with Gasteiger partial charge in [-0.1, -0.05) is 12.1 Å². The number of fused-ring (bicyclic) bond motifs is 1. The van der Waals surface area contributed by atoms with E-state index in [1.54, 1.807) is 11.3 Å². The van der Waals surface area contributed by atoms with Gasteiger partial charge in [-0.05, 0) is 38.1 Å². The zero-order valence-electron chi connectivity index (χ0n) is 14.9. The maximum absolute atomic E-state index is 9.72. The number of rotatable bonds is 4. The molecule has 0 amide bonds. The molecule has 0 saturated heterocycles. The molecule has 3 N–H and O–H groups in total. The second-order valence-electron chi connectivity index (χ2n) is 6.15. The molecule has 2 aromatic heterocycles. The lowest BCUT2D eigenvalue weighted by Crippen LogP contribution is -2.20. The molecule has 1 aromatic carbocycles. The summed E-state index contributed by atoms with van der Waals surface area (Å²) in [5.41, 5.74) is 8.93. The normalized spacial score (nSPS) is 15.8. The van der Waals surface area contributed by atoms with Crippen LogP contribution in [0.4, 0.5) is 0 Å². The first-order valence-corrected chi connectivity index (χ1v) is 9.39. The van der Waals surface area contributed by atoms with Crippen molar-refractivity contribution in [2.45, 2.75) is 19.8 Å². The maximum atomic E-state index is 9.72. The van der Waals surface area contributed by atoms with E-state index in [2.05, 4.69) is 16.3 Å². The van der Waals surface area contributed by atoms with E-state index in [9.17, 15) is 5.26 Å². The van der Waals surface area contributed by atoms with Crippen molar-refractivity contribution in [2.75, 3.05) is 6.61 Å². The molecule has 3 aromatic rings. The van der Waals surface area contributed by atoms with E-state index in [1.807, 2.05) is 50.2 Å². The predicted octanol–water partition coefficient (Wildman–Crippen LogP) is 4.06. The number of allylic oxidation sites excluding steroid dienone is 1. The third-order valence-corrected chi connectivity index (χ3v) is 5.48. The fourth-order valence-corrected chi connectivity index (χ4v) is 4.26. The van der Waals surface area contributed by atoms with Gasteiger partial charge in [0.2, 0.25) is 11.8 Å². The molecule has 0 aliphatic carbocycles. The Kier molecular flexibility index (Phi) is 4.34. The fraction of sp³-hybridized carbons (Fsp3) is 0.200. The van der Waals surface area contributed by atoms with Crippen molar-refractivity contribution < 1.29 is 9.47 Å². The van der Waals surface area contributed by atoms with Gasteiger partial charge in [0, 0.05) is 15.3 Å². The van der Waals surface area contributed by atoms with Gasteiger partial charge in [0.25, 0.3) is 0 Å². The van der Waals surface area contributed by atoms with Crippen molar-refractivity contribution >= 4 is 11.3 Å². The van der Waals surface area contributed by atoms with Crippen molar-refractivity contribution in [3.63, 3.8) is 0 Å². The van der Waals surface area contributed by atoms with Crippen LogP contribution < -0.4 is 15.2 Å². The molecule has 6 nitrogen and oxygen atoms in total. The summed E-state index contributed by atoms with van der Waals surface area (Å²) in [6.07, 6.45) is 0. The standard InChI is InChI=1S/C20H18N4O2S/c1-3-25-13-6-4-5-12(9-13)18-17-16(15-8-7-11(2)27-15)14(10-21)19(22)26-20(17)24-23-18/h4-9,16H,3,22H2,1-2H3,(H,23,24). The number of nitrogens with two attached hydrogens (primary N) is 1. The zero-order valence-corrected chi connectivity index (χ0v) is 15.8. The highest BCUT2D eigenvalue weighted by molar-refractivity contribution is 7.12. The third kappa shape index (κ3) is 2.94. The number of hydrogen-bond acceptors (Lipinski definition) is 6. The van der Waals surface area contributed by atoms with Gasteiger partial charge >= 0.3 is 0 Å². The van der Waals surface area contributed by atoms with E-state index in [0.29, 0.717) is 18.1 Å². The largest absolute Gasteiger partial charge is 0.494 e. The minimum absolute atomic E-state index is 0.0992. The predicted molar refractivity (Wildman–Crippen MR) is 104 cm³/mol. The Bertz CT molecular complexity index is 1070. The van der Waals surface area contributed by atoms with Crippen molar-refractivity contribution in [2.24, 2.45) is 5.73 Å². The van der Waals surface area contributed by atoms with Crippen molar-refractivity contribution in [3.05, 3.63) is 63.2 Å². The molecule has 1 aliphatic rings. The number of thiophene rings is 1.